The van der Waals surface area contributed by atoms with Crippen LogP contribution in [0.1, 0.15) is 24.2 Å². The van der Waals surface area contributed by atoms with Gasteiger partial charge in [0.15, 0.2) is 0 Å². The first-order valence-electron chi connectivity index (χ1n) is 8.06. The fourth-order valence-corrected chi connectivity index (χ4v) is 2.15. The molecule has 0 fully saturated rings. The molecule has 0 heterocycles. The molecule has 2 aromatic rings. The molecule has 2 amide bonds. The van der Waals surface area contributed by atoms with Crippen molar-refractivity contribution >= 4 is 23.2 Å². The van der Waals surface area contributed by atoms with E-state index in [1.165, 1.54) is 0 Å². The fourth-order valence-electron chi connectivity index (χ4n) is 2.15. The number of methoxy groups -OCH3 is 1. The highest BCUT2D eigenvalue weighted by Crippen LogP contribution is 2.15. The van der Waals surface area contributed by atoms with Crippen molar-refractivity contribution in [3.05, 3.63) is 54.1 Å². The number of rotatable bonds is 7. The Hall–Kier alpha value is -3.02. The lowest BCUT2D eigenvalue weighted by atomic mass is 10.2. The van der Waals surface area contributed by atoms with Crippen molar-refractivity contribution in [2.75, 3.05) is 24.3 Å². The Bertz CT molecular complexity index is 710. The summed E-state index contributed by atoms with van der Waals surface area (Å²) in [5.74, 6) is 0.459. The molecule has 0 unspecified atom stereocenters. The predicted molar refractivity (Wildman–Crippen MR) is 99.2 cm³/mol. The van der Waals surface area contributed by atoms with Crippen molar-refractivity contribution in [2.24, 2.45) is 0 Å². The fraction of sp³-hybridized carbons (Fsp3) is 0.263. The minimum absolute atomic E-state index is 0.0795. The van der Waals surface area contributed by atoms with Crippen LogP contribution in [0.4, 0.5) is 11.4 Å². The lowest BCUT2D eigenvalue weighted by Gasteiger charge is -2.10. The second-order valence-corrected chi connectivity index (χ2v) is 5.84. The van der Waals surface area contributed by atoms with Crippen LogP contribution < -0.4 is 20.7 Å². The number of hydrogen-bond donors (Lipinski definition) is 3. The van der Waals surface area contributed by atoms with E-state index in [1.807, 2.05) is 38.1 Å². The van der Waals surface area contributed by atoms with Crippen LogP contribution in [-0.4, -0.2) is 31.5 Å². The highest BCUT2D eigenvalue weighted by Gasteiger charge is 2.07. The second kappa shape index (κ2) is 8.73. The third-order valence-electron chi connectivity index (χ3n) is 3.39. The molecule has 0 saturated carbocycles. The van der Waals surface area contributed by atoms with Gasteiger partial charge in [-0.15, -0.1) is 0 Å². The van der Waals surface area contributed by atoms with Crippen LogP contribution in [0.3, 0.4) is 0 Å². The zero-order chi connectivity index (χ0) is 18.2. The molecule has 2 rings (SSSR count). The summed E-state index contributed by atoms with van der Waals surface area (Å²) in [5.41, 5.74) is 2.03. The Labute approximate surface area is 147 Å². The van der Waals surface area contributed by atoms with Gasteiger partial charge in [-0.3, -0.25) is 9.59 Å². The maximum Gasteiger partial charge on any atom is 0.251 e. The number of benzene rings is 2. The van der Waals surface area contributed by atoms with Crippen molar-refractivity contribution in [3.63, 3.8) is 0 Å². The average Bonchev–Trinajstić information content (AvgIpc) is 2.60. The molecule has 0 spiro atoms. The van der Waals surface area contributed by atoms with Gasteiger partial charge in [-0.05, 0) is 62.4 Å². The Morgan fingerprint density at radius 3 is 2.12 bits per heavy atom. The predicted octanol–water partition coefficient (Wildman–Crippen LogP) is 2.88. The summed E-state index contributed by atoms with van der Waals surface area (Å²) in [5, 5.41) is 8.64. The highest BCUT2D eigenvalue weighted by atomic mass is 16.5. The molecule has 0 aliphatic heterocycles. The van der Waals surface area contributed by atoms with Crippen molar-refractivity contribution < 1.29 is 14.3 Å². The zero-order valence-corrected chi connectivity index (χ0v) is 14.6. The topological polar surface area (TPSA) is 79.5 Å². The summed E-state index contributed by atoms with van der Waals surface area (Å²) in [6.07, 6.45) is 0. The minimum Gasteiger partial charge on any atom is -0.497 e. The quantitative estimate of drug-likeness (QED) is 0.723. The molecule has 0 saturated heterocycles. The number of nitrogens with one attached hydrogen (secondary N) is 3. The zero-order valence-electron chi connectivity index (χ0n) is 14.6. The van der Waals surface area contributed by atoms with Gasteiger partial charge in [0, 0.05) is 23.0 Å². The SMILES string of the molecule is COc1ccc(NCC(=O)Nc2ccc(C(=O)NC(C)C)cc2)cc1. The molecule has 0 bridgehead atoms. The lowest BCUT2D eigenvalue weighted by Crippen LogP contribution is -2.30. The summed E-state index contributed by atoms with van der Waals surface area (Å²) in [7, 11) is 1.60. The van der Waals surface area contributed by atoms with Crippen LogP contribution in [0.25, 0.3) is 0 Å². The van der Waals surface area contributed by atoms with E-state index < -0.39 is 0 Å². The first-order valence-corrected chi connectivity index (χ1v) is 8.06. The minimum atomic E-state index is -0.171. The molecule has 0 radical (unpaired) electrons. The molecule has 6 nitrogen and oxygen atoms in total. The van der Waals surface area contributed by atoms with Crippen molar-refractivity contribution in [2.45, 2.75) is 19.9 Å². The van der Waals surface area contributed by atoms with Gasteiger partial charge in [-0.2, -0.15) is 0 Å². The van der Waals surface area contributed by atoms with E-state index in [-0.39, 0.29) is 24.4 Å². The first kappa shape index (κ1) is 18.3. The van der Waals surface area contributed by atoms with Gasteiger partial charge < -0.3 is 20.7 Å². The Morgan fingerprint density at radius 1 is 0.960 bits per heavy atom. The lowest BCUT2D eigenvalue weighted by molar-refractivity contribution is -0.114. The summed E-state index contributed by atoms with van der Waals surface area (Å²) in [6.45, 7) is 3.95. The molecular weight excluding hydrogens is 318 g/mol. The van der Waals surface area contributed by atoms with Crippen LogP contribution in [0.2, 0.25) is 0 Å². The maximum atomic E-state index is 12.0. The van der Waals surface area contributed by atoms with Gasteiger partial charge in [-0.25, -0.2) is 0 Å². The maximum absolute atomic E-state index is 12.0. The normalized spacial score (nSPS) is 10.2. The van der Waals surface area contributed by atoms with Crippen molar-refractivity contribution in [1.29, 1.82) is 0 Å². The number of carbonyl (C=O) groups excluding carboxylic acids is 2. The Balaban J connectivity index is 1.84. The first-order chi connectivity index (χ1) is 12.0. The van der Waals surface area contributed by atoms with E-state index in [9.17, 15) is 9.59 Å². The van der Waals surface area contributed by atoms with Gasteiger partial charge in [-0.1, -0.05) is 0 Å². The van der Waals surface area contributed by atoms with Crippen LogP contribution >= 0.6 is 0 Å². The summed E-state index contributed by atoms with van der Waals surface area (Å²) in [6, 6.07) is 14.2. The molecule has 0 aliphatic carbocycles. The van der Waals surface area contributed by atoms with E-state index in [0.29, 0.717) is 11.3 Å². The van der Waals surface area contributed by atoms with Gasteiger partial charge >= 0.3 is 0 Å². The van der Waals surface area contributed by atoms with E-state index in [1.54, 1.807) is 31.4 Å². The second-order valence-electron chi connectivity index (χ2n) is 5.84. The van der Waals surface area contributed by atoms with E-state index >= 15 is 0 Å². The largest absolute Gasteiger partial charge is 0.497 e. The van der Waals surface area contributed by atoms with Crippen LogP contribution in [0.15, 0.2) is 48.5 Å². The molecule has 2 aromatic carbocycles. The molecule has 6 heteroatoms. The van der Waals surface area contributed by atoms with Crippen molar-refractivity contribution in [3.8, 4) is 5.75 Å². The molecule has 0 aromatic heterocycles. The smallest absolute Gasteiger partial charge is 0.251 e. The van der Waals surface area contributed by atoms with Gasteiger partial charge in [0.25, 0.3) is 5.91 Å². The van der Waals surface area contributed by atoms with E-state index in [2.05, 4.69) is 16.0 Å². The van der Waals surface area contributed by atoms with Crippen LogP contribution in [0.5, 0.6) is 5.75 Å². The summed E-state index contributed by atoms with van der Waals surface area (Å²) in [4.78, 5) is 23.9. The number of amides is 2. The number of ether oxygens (including phenoxy) is 1. The van der Waals surface area contributed by atoms with E-state index in [0.717, 1.165) is 11.4 Å². The van der Waals surface area contributed by atoms with Gasteiger partial charge in [0.05, 0.1) is 13.7 Å². The summed E-state index contributed by atoms with van der Waals surface area (Å²) < 4.78 is 5.09. The Kier molecular flexibility index (Phi) is 6.39. The number of hydrogen-bond acceptors (Lipinski definition) is 4. The Morgan fingerprint density at radius 2 is 1.56 bits per heavy atom. The third kappa shape index (κ3) is 5.84. The summed E-state index contributed by atoms with van der Waals surface area (Å²) >= 11 is 0. The molecule has 0 aliphatic rings. The number of carbonyl (C=O) groups is 2. The van der Waals surface area contributed by atoms with Gasteiger partial charge in [0.2, 0.25) is 5.91 Å². The van der Waals surface area contributed by atoms with Gasteiger partial charge in [0.1, 0.15) is 5.75 Å². The molecule has 132 valence electrons. The average molecular weight is 341 g/mol. The van der Waals surface area contributed by atoms with Crippen molar-refractivity contribution in [1.82, 2.24) is 5.32 Å². The third-order valence-corrected chi connectivity index (χ3v) is 3.39. The molecule has 3 N–H and O–H groups in total. The standard InChI is InChI=1S/C19H23N3O3/c1-13(2)21-19(24)14-4-6-16(7-5-14)22-18(23)12-20-15-8-10-17(25-3)11-9-15/h4-11,13,20H,12H2,1-3H3,(H,21,24)(H,22,23). The monoisotopic (exact) mass is 341 g/mol. The highest BCUT2D eigenvalue weighted by molar-refractivity contribution is 5.96. The van der Waals surface area contributed by atoms with Crippen LogP contribution in [0, 0.1) is 0 Å². The molecule has 25 heavy (non-hydrogen) atoms. The van der Waals surface area contributed by atoms with Crippen LogP contribution in [-0.2, 0) is 4.79 Å². The number of anilines is 2. The van der Waals surface area contributed by atoms with E-state index in [4.69, 9.17) is 4.74 Å². The molecule has 0 atom stereocenters. The molecular formula is C19H23N3O3.